The lowest BCUT2D eigenvalue weighted by molar-refractivity contribution is -0.128. The van der Waals surface area contributed by atoms with E-state index in [2.05, 4.69) is 15.3 Å². The monoisotopic (exact) mass is 467 g/mol. The van der Waals surface area contributed by atoms with Gasteiger partial charge in [0.05, 0.1) is 29.4 Å². The number of aliphatic hydroxyl groups excluding tert-OH is 1. The normalized spacial score (nSPS) is 18.9. The molecule has 2 aromatic carbocycles. The van der Waals surface area contributed by atoms with Crippen LogP contribution >= 0.6 is 22.9 Å². The number of hydrogen-bond acceptors (Lipinski definition) is 6. The number of H-pyrrole nitrogens is 1. The summed E-state index contributed by atoms with van der Waals surface area (Å²) in [6.45, 7) is 1.42. The molecule has 32 heavy (non-hydrogen) atoms. The molecule has 0 radical (unpaired) electrons. The van der Waals surface area contributed by atoms with Crippen molar-refractivity contribution in [2.24, 2.45) is 0 Å². The first-order valence-corrected chi connectivity index (χ1v) is 11.7. The quantitative estimate of drug-likeness (QED) is 0.403. The van der Waals surface area contributed by atoms with E-state index in [9.17, 15) is 9.90 Å². The maximum absolute atomic E-state index is 12.9. The maximum atomic E-state index is 12.9. The zero-order chi connectivity index (χ0) is 22.1. The maximum Gasteiger partial charge on any atom is 0.240 e. The van der Waals surface area contributed by atoms with Gasteiger partial charge in [-0.05, 0) is 30.7 Å². The Morgan fingerprint density at radius 2 is 2.03 bits per heavy atom. The highest BCUT2D eigenvalue weighted by Crippen LogP contribution is 2.27. The minimum absolute atomic E-state index is 0.205. The summed E-state index contributed by atoms with van der Waals surface area (Å²) in [7, 11) is 0. The number of aromatic nitrogens is 3. The average molecular weight is 468 g/mol. The van der Waals surface area contributed by atoms with Crippen molar-refractivity contribution in [2.75, 3.05) is 6.54 Å². The molecule has 7 nitrogen and oxygen atoms in total. The first-order valence-electron chi connectivity index (χ1n) is 10.4. The first kappa shape index (κ1) is 21.1. The number of rotatable bonds is 6. The highest BCUT2D eigenvalue weighted by Gasteiger charge is 2.38. The Morgan fingerprint density at radius 1 is 1.22 bits per heavy atom. The van der Waals surface area contributed by atoms with E-state index in [1.54, 1.807) is 11.3 Å². The van der Waals surface area contributed by atoms with Gasteiger partial charge in [0.1, 0.15) is 16.9 Å². The van der Waals surface area contributed by atoms with Gasteiger partial charge >= 0.3 is 0 Å². The van der Waals surface area contributed by atoms with Crippen molar-refractivity contribution in [1.82, 2.24) is 25.2 Å². The van der Waals surface area contributed by atoms with Crippen molar-refractivity contribution in [3.8, 4) is 10.6 Å². The van der Waals surface area contributed by atoms with E-state index < -0.39 is 12.1 Å². The number of halogens is 1. The lowest BCUT2D eigenvalue weighted by atomic mass is 10.1. The second-order valence-corrected chi connectivity index (χ2v) is 9.14. The zero-order valence-corrected chi connectivity index (χ0v) is 18.7. The summed E-state index contributed by atoms with van der Waals surface area (Å²) in [5, 5.41) is 17.0. The van der Waals surface area contributed by atoms with Gasteiger partial charge < -0.3 is 15.4 Å². The topological polar surface area (TPSA) is 94.1 Å². The second-order valence-electron chi connectivity index (χ2n) is 7.84. The third-order valence-electron chi connectivity index (χ3n) is 5.62. The lowest BCUT2D eigenvalue weighted by Crippen LogP contribution is -2.47. The van der Waals surface area contributed by atoms with Crippen molar-refractivity contribution in [3.63, 3.8) is 0 Å². The second kappa shape index (κ2) is 8.99. The van der Waals surface area contributed by atoms with Gasteiger partial charge in [0.25, 0.3) is 0 Å². The third-order valence-corrected chi connectivity index (χ3v) is 6.81. The van der Waals surface area contributed by atoms with Crippen LogP contribution in [0.15, 0.2) is 53.9 Å². The highest BCUT2D eigenvalue weighted by atomic mass is 35.5. The highest BCUT2D eigenvalue weighted by molar-refractivity contribution is 7.13. The number of fused-ring (bicyclic) bond motifs is 1. The van der Waals surface area contributed by atoms with Crippen LogP contribution in [-0.4, -0.2) is 49.6 Å². The van der Waals surface area contributed by atoms with Crippen LogP contribution in [0.2, 0.25) is 5.02 Å². The van der Waals surface area contributed by atoms with Crippen molar-refractivity contribution in [2.45, 2.75) is 31.7 Å². The molecule has 1 saturated heterocycles. The summed E-state index contributed by atoms with van der Waals surface area (Å²) in [4.78, 5) is 27.3. The van der Waals surface area contributed by atoms with Crippen LogP contribution in [0.4, 0.5) is 0 Å². The van der Waals surface area contributed by atoms with E-state index >= 15 is 0 Å². The number of benzene rings is 2. The first-order chi connectivity index (χ1) is 15.6. The van der Waals surface area contributed by atoms with E-state index in [-0.39, 0.29) is 12.5 Å². The molecule has 2 atom stereocenters. The van der Waals surface area contributed by atoms with Crippen molar-refractivity contribution in [3.05, 3.63) is 70.5 Å². The number of nitrogens with one attached hydrogen (secondary N) is 2. The number of carbonyl (C=O) groups excluding carboxylic acids is 1. The van der Waals surface area contributed by atoms with Crippen LogP contribution in [0, 0.1) is 0 Å². The molecule has 0 spiro atoms. The van der Waals surface area contributed by atoms with Crippen molar-refractivity contribution >= 4 is 39.9 Å². The molecule has 3 N–H and O–H groups in total. The van der Waals surface area contributed by atoms with Crippen LogP contribution in [0.3, 0.4) is 0 Å². The number of aliphatic hydroxyl groups is 1. The minimum Gasteiger partial charge on any atom is -0.391 e. The fraction of sp³-hybridized carbons (Fsp3) is 0.261. The van der Waals surface area contributed by atoms with Crippen LogP contribution in [0.25, 0.3) is 21.6 Å². The average Bonchev–Trinajstić information content (AvgIpc) is 3.51. The van der Waals surface area contributed by atoms with Crippen LogP contribution in [0.1, 0.15) is 17.9 Å². The van der Waals surface area contributed by atoms with Crippen LogP contribution < -0.4 is 5.32 Å². The molecule has 0 bridgehead atoms. The number of hydrogen-bond donors (Lipinski definition) is 3. The third kappa shape index (κ3) is 4.40. The van der Waals surface area contributed by atoms with E-state index in [0.29, 0.717) is 30.4 Å². The van der Waals surface area contributed by atoms with E-state index in [1.165, 1.54) is 0 Å². The number of thiazole rings is 1. The fourth-order valence-corrected chi connectivity index (χ4v) is 4.98. The van der Waals surface area contributed by atoms with Crippen LogP contribution in [-0.2, 0) is 17.9 Å². The molecule has 1 fully saturated rings. The fourth-order valence-electron chi connectivity index (χ4n) is 4.03. The van der Waals surface area contributed by atoms with Gasteiger partial charge in [-0.1, -0.05) is 35.9 Å². The van der Waals surface area contributed by atoms with Gasteiger partial charge in [0.15, 0.2) is 0 Å². The molecule has 0 unspecified atom stereocenters. The number of aromatic amines is 1. The predicted molar refractivity (Wildman–Crippen MR) is 125 cm³/mol. The molecular formula is C23H22ClN5O2S. The molecule has 9 heteroatoms. The molecule has 5 rings (SSSR count). The number of amides is 1. The zero-order valence-electron chi connectivity index (χ0n) is 17.2. The molecule has 1 aliphatic heterocycles. The summed E-state index contributed by atoms with van der Waals surface area (Å²) in [5.74, 6) is 0.481. The van der Waals surface area contributed by atoms with E-state index in [0.717, 1.165) is 27.3 Å². The molecule has 1 amide bonds. The smallest absolute Gasteiger partial charge is 0.240 e. The lowest BCUT2D eigenvalue weighted by Gasteiger charge is -2.24. The van der Waals surface area contributed by atoms with Gasteiger partial charge in [-0.25, -0.2) is 9.97 Å². The molecule has 0 aliphatic carbocycles. The van der Waals surface area contributed by atoms with Gasteiger partial charge in [0, 0.05) is 29.1 Å². The number of carbonyl (C=O) groups is 1. The van der Waals surface area contributed by atoms with Gasteiger partial charge in [-0.2, -0.15) is 0 Å². The Balaban J connectivity index is 1.24. The number of imidazole rings is 1. The summed E-state index contributed by atoms with van der Waals surface area (Å²) in [6, 6.07) is 14.7. The standard InChI is InChI=1S/C23H22ClN5O2S/c24-15-7-5-14(6-8-15)23-26-16(13-32-23)12-29-10-9-19(30)21(29)22(31)25-11-20-27-17-3-1-2-4-18(17)28-20/h1-8,13,19,21,30H,9-12H2,(H,25,31)(H,27,28)/t19-,21-/m0/s1. The van der Waals surface area contributed by atoms with E-state index in [1.807, 2.05) is 58.8 Å². The van der Waals surface area contributed by atoms with Crippen molar-refractivity contribution in [1.29, 1.82) is 0 Å². The van der Waals surface area contributed by atoms with Gasteiger partial charge in [0.2, 0.25) is 5.91 Å². The molecule has 164 valence electrons. The predicted octanol–water partition coefficient (Wildman–Crippen LogP) is 3.59. The Labute approximate surface area is 194 Å². The molecule has 2 aromatic heterocycles. The van der Waals surface area contributed by atoms with Crippen molar-refractivity contribution < 1.29 is 9.90 Å². The molecular weight excluding hydrogens is 446 g/mol. The minimum atomic E-state index is -0.708. The Kier molecular flexibility index (Phi) is 5.93. The Hall–Kier alpha value is -2.78. The SMILES string of the molecule is O=C(NCc1nc2ccccc2[nH]1)[C@@H]1[C@@H](O)CCN1Cc1csc(-c2ccc(Cl)cc2)n1. The summed E-state index contributed by atoms with van der Waals surface area (Å²) >= 11 is 7.53. The molecule has 3 heterocycles. The Bertz CT molecular complexity index is 1210. The number of nitrogens with zero attached hydrogens (tertiary/aromatic N) is 3. The van der Waals surface area contributed by atoms with Gasteiger partial charge in [-0.15, -0.1) is 11.3 Å². The summed E-state index contributed by atoms with van der Waals surface area (Å²) in [5.41, 5.74) is 3.68. The van der Waals surface area contributed by atoms with Crippen LogP contribution in [0.5, 0.6) is 0 Å². The Morgan fingerprint density at radius 3 is 2.84 bits per heavy atom. The number of likely N-dealkylation sites (tertiary alicyclic amines) is 1. The molecule has 0 saturated carbocycles. The molecule has 1 aliphatic rings. The van der Waals surface area contributed by atoms with Gasteiger partial charge in [-0.3, -0.25) is 9.69 Å². The largest absolute Gasteiger partial charge is 0.391 e. The summed E-state index contributed by atoms with van der Waals surface area (Å²) in [6.07, 6.45) is -0.156. The van der Waals surface area contributed by atoms with E-state index in [4.69, 9.17) is 16.6 Å². The number of para-hydroxylation sites is 2. The molecule has 4 aromatic rings. The summed E-state index contributed by atoms with van der Waals surface area (Å²) < 4.78 is 0.